The van der Waals surface area contributed by atoms with Crippen molar-refractivity contribution in [1.29, 1.82) is 0 Å². The van der Waals surface area contributed by atoms with Gasteiger partial charge in [0.1, 0.15) is 17.3 Å². The average Bonchev–Trinajstić information content (AvgIpc) is 3.36. The molecule has 11 heteroatoms. The van der Waals surface area contributed by atoms with Crippen molar-refractivity contribution in [1.82, 2.24) is 14.8 Å². The van der Waals surface area contributed by atoms with Gasteiger partial charge < -0.3 is 4.90 Å². The maximum Gasteiger partial charge on any atom is 0.416 e. The van der Waals surface area contributed by atoms with E-state index >= 15 is 0 Å². The number of aromatic nitrogens is 1. The SMILES string of the molecule is O=C1N(CCCCN2CCN(c3ccc(C(F)(F)F)cc3)CC2)C(c2ccccn2)=NC1(c1ccc(F)cc1)c1ccc(F)cc1. The third-order valence-electron chi connectivity index (χ3n) is 8.54. The van der Waals surface area contributed by atoms with Gasteiger partial charge in [-0.05, 0) is 91.2 Å². The molecule has 238 valence electrons. The lowest BCUT2D eigenvalue weighted by atomic mass is 9.82. The Balaban J connectivity index is 1.15. The summed E-state index contributed by atoms with van der Waals surface area (Å²) in [4.78, 5) is 29.9. The van der Waals surface area contributed by atoms with Crippen molar-refractivity contribution in [2.75, 3.05) is 44.2 Å². The molecule has 6 rings (SSSR count). The number of pyridine rings is 1. The molecule has 2 aliphatic rings. The van der Waals surface area contributed by atoms with Gasteiger partial charge in [0.05, 0.1) is 5.56 Å². The lowest BCUT2D eigenvalue weighted by molar-refractivity contribution is -0.137. The Morgan fingerprint density at radius 2 is 1.30 bits per heavy atom. The van der Waals surface area contributed by atoms with Gasteiger partial charge in [0.15, 0.2) is 11.4 Å². The van der Waals surface area contributed by atoms with Crippen LogP contribution in [0.3, 0.4) is 0 Å². The van der Waals surface area contributed by atoms with Crippen molar-refractivity contribution >= 4 is 17.4 Å². The van der Waals surface area contributed by atoms with Crippen LogP contribution in [0.25, 0.3) is 0 Å². The minimum atomic E-state index is -4.36. The summed E-state index contributed by atoms with van der Waals surface area (Å²) in [6, 6.07) is 21.9. The third kappa shape index (κ3) is 6.37. The second-order valence-corrected chi connectivity index (χ2v) is 11.4. The summed E-state index contributed by atoms with van der Waals surface area (Å²) in [5.74, 6) is -0.829. The molecule has 3 aromatic carbocycles. The Kier molecular flexibility index (Phi) is 8.86. The largest absolute Gasteiger partial charge is 0.416 e. The molecule has 46 heavy (non-hydrogen) atoms. The number of rotatable bonds is 9. The van der Waals surface area contributed by atoms with E-state index in [2.05, 4.69) is 14.8 Å². The molecule has 0 aliphatic carbocycles. The van der Waals surface area contributed by atoms with E-state index in [4.69, 9.17) is 4.99 Å². The fraction of sp³-hybridized carbons (Fsp3) is 0.286. The number of carbonyl (C=O) groups is 1. The van der Waals surface area contributed by atoms with Crippen molar-refractivity contribution in [3.63, 3.8) is 0 Å². The van der Waals surface area contributed by atoms with E-state index in [1.807, 2.05) is 6.07 Å². The van der Waals surface area contributed by atoms with Crippen LogP contribution in [0.4, 0.5) is 27.6 Å². The first-order valence-corrected chi connectivity index (χ1v) is 15.1. The molecule has 1 fully saturated rings. The Morgan fingerprint density at radius 3 is 1.85 bits per heavy atom. The van der Waals surface area contributed by atoms with Gasteiger partial charge >= 0.3 is 6.18 Å². The highest BCUT2D eigenvalue weighted by Gasteiger charge is 2.51. The van der Waals surface area contributed by atoms with Gasteiger partial charge in [0, 0.05) is 44.6 Å². The smallest absolute Gasteiger partial charge is 0.369 e. The summed E-state index contributed by atoms with van der Waals surface area (Å²) in [6.07, 6.45) is -1.27. The van der Waals surface area contributed by atoms with Gasteiger partial charge in [-0.2, -0.15) is 13.2 Å². The second-order valence-electron chi connectivity index (χ2n) is 11.4. The van der Waals surface area contributed by atoms with Gasteiger partial charge in [0.2, 0.25) is 0 Å². The molecule has 3 heterocycles. The number of alkyl halides is 3. The molecular weight excluding hydrogens is 601 g/mol. The summed E-state index contributed by atoms with van der Waals surface area (Å²) in [5.41, 5.74) is 0.0201. The fourth-order valence-corrected chi connectivity index (χ4v) is 6.08. The highest BCUT2D eigenvalue weighted by Crippen LogP contribution is 2.41. The third-order valence-corrected chi connectivity index (χ3v) is 8.54. The number of aliphatic imine (C=N–C) groups is 1. The number of amidine groups is 1. The molecule has 1 aromatic heterocycles. The minimum absolute atomic E-state index is 0.323. The zero-order valence-corrected chi connectivity index (χ0v) is 24.9. The van der Waals surface area contributed by atoms with Crippen LogP contribution in [0.2, 0.25) is 0 Å². The van der Waals surface area contributed by atoms with Gasteiger partial charge in [-0.25, -0.2) is 13.8 Å². The van der Waals surface area contributed by atoms with Crippen molar-refractivity contribution < 1.29 is 26.7 Å². The van der Waals surface area contributed by atoms with Crippen molar-refractivity contribution in [3.05, 3.63) is 131 Å². The maximum atomic E-state index is 14.4. The molecule has 0 spiro atoms. The number of amides is 1. The number of nitrogens with zero attached hydrogens (tertiary/aromatic N) is 5. The molecule has 1 saturated heterocycles. The van der Waals surface area contributed by atoms with Crippen LogP contribution in [0, 0.1) is 11.6 Å². The first-order chi connectivity index (χ1) is 22.1. The van der Waals surface area contributed by atoms with Gasteiger partial charge in [0.25, 0.3) is 5.91 Å². The number of piperazine rings is 1. The summed E-state index contributed by atoms with van der Waals surface area (Å²) in [6.45, 7) is 4.09. The lowest BCUT2D eigenvalue weighted by Crippen LogP contribution is -2.46. The van der Waals surface area contributed by atoms with Crippen LogP contribution < -0.4 is 4.90 Å². The van der Waals surface area contributed by atoms with Crippen LogP contribution >= 0.6 is 0 Å². The predicted octanol–water partition coefficient (Wildman–Crippen LogP) is 6.51. The van der Waals surface area contributed by atoms with E-state index in [0.717, 1.165) is 43.9 Å². The van der Waals surface area contributed by atoms with E-state index in [-0.39, 0.29) is 5.91 Å². The Bertz CT molecular complexity index is 1620. The molecule has 4 aromatic rings. The summed E-state index contributed by atoms with van der Waals surface area (Å²) >= 11 is 0. The average molecular weight is 634 g/mol. The molecular formula is C35H32F5N5O. The molecule has 2 aliphatic heterocycles. The Morgan fingerprint density at radius 1 is 0.717 bits per heavy atom. The summed E-state index contributed by atoms with van der Waals surface area (Å²) in [5, 5.41) is 0. The highest BCUT2D eigenvalue weighted by molar-refractivity contribution is 6.16. The summed E-state index contributed by atoms with van der Waals surface area (Å²) < 4.78 is 66.7. The molecule has 0 saturated carbocycles. The monoisotopic (exact) mass is 633 g/mol. The number of hydrogen-bond acceptors (Lipinski definition) is 5. The Labute approximate surface area is 263 Å². The molecule has 1 amide bonds. The van der Waals surface area contributed by atoms with Crippen LogP contribution in [-0.2, 0) is 16.5 Å². The number of carbonyl (C=O) groups excluding carboxylic acids is 1. The van der Waals surface area contributed by atoms with Crippen LogP contribution in [0.1, 0.15) is 35.2 Å². The van der Waals surface area contributed by atoms with Gasteiger partial charge in [-0.1, -0.05) is 30.3 Å². The zero-order valence-electron chi connectivity index (χ0n) is 24.9. The van der Waals surface area contributed by atoms with E-state index in [1.54, 1.807) is 23.2 Å². The first-order valence-electron chi connectivity index (χ1n) is 15.1. The normalized spacial score (nSPS) is 17.0. The van der Waals surface area contributed by atoms with Crippen molar-refractivity contribution in [3.8, 4) is 0 Å². The van der Waals surface area contributed by atoms with E-state index in [1.165, 1.54) is 60.7 Å². The van der Waals surface area contributed by atoms with Crippen LogP contribution in [0.15, 0.2) is 102 Å². The topological polar surface area (TPSA) is 52.0 Å². The number of anilines is 1. The van der Waals surface area contributed by atoms with Gasteiger partial charge in [-0.15, -0.1) is 0 Å². The van der Waals surface area contributed by atoms with Crippen molar-refractivity contribution in [2.24, 2.45) is 4.99 Å². The Hall–Kier alpha value is -4.64. The minimum Gasteiger partial charge on any atom is -0.369 e. The van der Waals surface area contributed by atoms with E-state index in [0.29, 0.717) is 48.7 Å². The fourth-order valence-electron chi connectivity index (χ4n) is 6.08. The number of benzene rings is 3. The standard InChI is InChI=1S/C35H32F5N5O/c36-28-12-6-25(7-13-28)34(26-8-14-29(37)15-9-26)33(46)45(32(42-34)31-5-1-2-18-41-31)20-4-3-19-43-21-23-44(24-22-43)30-16-10-27(11-17-30)35(38,39)40/h1-2,5-18H,3-4,19-24H2. The molecule has 0 N–H and O–H groups in total. The summed E-state index contributed by atoms with van der Waals surface area (Å²) in [7, 11) is 0. The second kappa shape index (κ2) is 13.0. The molecule has 0 bridgehead atoms. The lowest BCUT2D eigenvalue weighted by Gasteiger charge is -2.36. The number of unbranched alkanes of at least 4 members (excludes halogenated alkanes) is 1. The maximum absolute atomic E-state index is 14.4. The quantitative estimate of drug-likeness (QED) is 0.156. The molecule has 0 radical (unpaired) electrons. The molecule has 0 atom stereocenters. The molecule has 6 nitrogen and oxygen atoms in total. The zero-order chi connectivity index (χ0) is 32.3. The first kappa shape index (κ1) is 31.3. The predicted molar refractivity (Wildman–Crippen MR) is 165 cm³/mol. The molecule has 0 unspecified atom stereocenters. The van der Waals surface area contributed by atoms with Crippen molar-refractivity contribution in [2.45, 2.75) is 24.6 Å². The van der Waals surface area contributed by atoms with Crippen LogP contribution in [0.5, 0.6) is 0 Å². The van der Waals surface area contributed by atoms with E-state index in [9.17, 15) is 26.7 Å². The van der Waals surface area contributed by atoms with Gasteiger partial charge in [-0.3, -0.25) is 19.6 Å². The van der Waals surface area contributed by atoms with Crippen LogP contribution in [-0.4, -0.2) is 65.8 Å². The number of hydrogen-bond donors (Lipinski definition) is 0. The van der Waals surface area contributed by atoms with E-state index < -0.39 is 28.9 Å². The number of halogens is 5. The highest BCUT2D eigenvalue weighted by atomic mass is 19.4.